The zero-order valence-electron chi connectivity index (χ0n) is 11.9. The van der Waals surface area contributed by atoms with Gasteiger partial charge in [-0.25, -0.2) is 4.98 Å². The number of aromatic nitrogens is 4. The van der Waals surface area contributed by atoms with E-state index in [-0.39, 0.29) is 6.04 Å². The molecule has 104 valence electrons. The van der Waals surface area contributed by atoms with Crippen LogP contribution in [-0.2, 0) is 14.1 Å². The van der Waals surface area contributed by atoms with Crippen molar-refractivity contribution in [2.24, 2.45) is 14.1 Å². The lowest BCUT2D eigenvalue weighted by molar-refractivity contribution is 0.400. The Morgan fingerprint density at radius 2 is 2.21 bits per heavy atom. The highest BCUT2D eigenvalue weighted by Gasteiger charge is 2.23. The molecule has 2 rings (SSSR count). The molecule has 0 fully saturated rings. The number of hydrogen-bond donors (Lipinski definition) is 1. The molecule has 0 amide bonds. The summed E-state index contributed by atoms with van der Waals surface area (Å²) < 4.78 is 9.17. The normalized spacial score (nSPS) is 12.6. The minimum absolute atomic E-state index is 0.0106. The molecule has 0 radical (unpaired) electrons. The lowest BCUT2D eigenvalue weighted by Gasteiger charge is -2.18. The number of nitrogens with zero attached hydrogens (tertiary/aromatic N) is 4. The molecule has 1 atom stereocenters. The zero-order chi connectivity index (χ0) is 13.8. The summed E-state index contributed by atoms with van der Waals surface area (Å²) in [5.41, 5.74) is 1.97. The van der Waals surface area contributed by atoms with Gasteiger partial charge < -0.3 is 14.6 Å². The van der Waals surface area contributed by atoms with E-state index in [1.807, 2.05) is 29.5 Å². The standard InChI is InChI=1S/C13H21N5O/c1-5-6-14-12(10-8-17(2)9-15-10)13-11(19-4)7-16-18(13)3/h7-9,12,14H,5-6H2,1-4H3. The summed E-state index contributed by atoms with van der Waals surface area (Å²) in [6, 6.07) is -0.0106. The van der Waals surface area contributed by atoms with Crippen LogP contribution in [0.4, 0.5) is 0 Å². The molecule has 0 aromatic carbocycles. The van der Waals surface area contributed by atoms with E-state index in [2.05, 4.69) is 22.3 Å². The van der Waals surface area contributed by atoms with Crippen molar-refractivity contribution in [1.82, 2.24) is 24.6 Å². The van der Waals surface area contributed by atoms with Gasteiger partial charge in [-0.15, -0.1) is 0 Å². The summed E-state index contributed by atoms with van der Waals surface area (Å²) in [6.07, 6.45) is 6.61. The van der Waals surface area contributed by atoms with Crippen LogP contribution in [0.5, 0.6) is 5.75 Å². The van der Waals surface area contributed by atoms with Crippen molar-refractivity contribution in [1.29, 1.82) is 0 Å². The average Bonchev–Trinajstić information content (AvgIpc) is 2.98. The average molecular weight is 263 g/mol. The van der Waals surface area contributed by atoms with Crippen LogP contribution >= 0.6 is 0 Å². The summed E-state index contributed by atoms with van der Waals surface area (Å²) in [6.45, 7) is 3.05. The number of nitrogens with one attached hydrogen (secondary N) is 1. The second kappa shape index (κ2) is 5.88. The van der Waals surface area contributed by atoms with Crippen molar-refractivity contribution in [3.8, 4) is 5.75 Å². The first-order valence-electron chi connectivity index (χ1n) is 6.44. The van der Waals surface area contributed by atoms with Crippen LogP contribution in [0, 0.1) is 0 Å². The second-order valence-corrected chi connectivity index (χ2v) is 4.57. The molecule has 1 unspecified atom stereocenters. The topological polar surface area (TPSA) is 56.9 Å². The van der Waals surface area contributed by atoms with E-state index in [1.54, 1.807) is 19.6 Å². The fourth-order valence-corrected chi connectivity index (χ4v) is 2.13. The first kappa shape index (κ1) is 13.6. The van der Waals surface area contributed by atoms with Crippen molar-refractivity contribution in [3.05, 3.63) is 30.1 Å². The van der Waals surface area contributed by atoms with Gasteiger partial charge in [0.25, 0.3) is 0 Å². The van der Waals surface area contributed by atoms with Crippen LogP contribution in [-0.4, -0.2) is 33.0 Å². The molecule has 0 saturated carbocycles. The lowest BCUT2D eigenvalue weighted by Crippen LogP contribution is -2.26. The van der Waals surface area contributed by atoms with E-state index in [0.717, 1.165) is 30.1 Å². The van der Waals surface area contributed by atoms with Gasteiger partial charge in [0.05, 0.1) is 31.4 Å². The third-order valence-corrected chi connectivity index (χ3v) is 3.06. The first-order chi connectivity index (χ1) is 9.17. The Kier molecular flexibility index (Phi) is 4.21. The van der Waals surface area contributed by atoms with Gasteiger partial charge in [0.2, 0.25) is 0 Å². The van der Waals surface area contributed by atoms with Crippen LogP contribution in [0.3, 0.4) is 0 Å². The predicted octanol–water partition coefficient (Wildman–Crippen LogP) is 1.25. The largest absolute Gasteiger partial charge is 0.493 e. The molecule has 0 saturated heterocycles. The van der Waals surface area contributed by atoms with E-state index >= 15 is 0 Å². The van der Waals surface area contributed by atoms with Gasteiger partial charge in [-0.2, -0.15) is 5.10 Å². The molecule has 19 heavy (non-hydrogen) atoms. The van der Waals surface area contributed by atoms with Gasteiger partial charge >= 0.3 is 0 Å². The van der Waals surface area contributed by atoms with Gasteiger partial charge in [0.15, 0.2) is 5.75 Å². The number of rotatable bonds is 6. The number of aryl methyl sites for hydroxylation is 2. The van der Waals surface area contributed by atoms with E-state index in [9.17, 15) is 0 Å². The molecule has 0 aliphatic rings. The maximum atomic E-state index is 5.40. The SMILES string of the molecule is CCCNC(c1cn(C)cn1)c1c(OC)cnn1C. The van der Waals surface area contributed by atoms with Gasteiger partial charge in [0, 0.05) is 20.3 Å². The Labute approximate surface area is 113 Å². The van der Waals surface area contributed by atoms with Crippen LogP contribution in [0.15, 0.2) is 18.7 Å². The Morgan fingerprint density at radius 3 is 2.79 bits per heavy atom. The minimum atomic E-state index is -0.0106. The van der Waals surface area contributed by atoms with Gasteiger partial charge in [0.1, 0.15) is 5.69 Å². The zero-order valence-corrected chi connectivity index (χ0v) is 11.9. The maximum Gasteiger partial charge on any atom is 0.161 e. The molecule has 2 aromatic heterocycles. The monoisotopic (exact) mass is 263 g/mol. The van der Waals surface area contributed by atoms with Crippen molar-refractivity contribution >= 4 is 0 Å². The minimum Gasteiger partial charge on any atom is -0.493 e. The first-order valence-corrected chi connectivity index (χ1v) is 6.44. The molecule has 6 nitrogen and oxygen atoms in total. The lowest BCUT2D eigenvalue weighted by atomic mass is 10.1. The highest BCUT2D eigenvalue weighted by Crippen LogP contribution is 2.28. The van der Waals surface area contributed by atoms with E-state index in [0.29, 0.717) is 0 Å². The molecule has 2 aromatic rings. The fourth-order valence-electron chi connectivity index (χ4n) is 2.13. The number of hydrogen-bond acceptors (Lipinski definition) is 4. The third kappa shape index (κ3) is 2.78. The summed E-state index contributed by atoms with van der Waals surface area (Å²) >= 11 is 0. The quantitative estimate of drug-likeness (QED) is 0.852. The summed E-state index contributed by atoms with van der Waals surface area (Å²) in [5, 5.41) is 7.77. The number of methoxy groups -OCH3 is 1. The van der Waals surface area contributed by atoms with Gasteiger partial charge in [-0.3, -0.25) is 4.68 Å². The van der Waals surface area contributed by atoms with Crippen LogP contribution in [0.1, 0.15) is 30.8 Å². The fraction of sp³-hybridized carbons (Fsp3) is 0.538. The molecule has 0 aliphatic carbocycles. The second-order valence-electron chi connectivity index (χ2n) is 4.57. The Bertz CT molecular complexity index is 531. The smallest absolute Gasteiger partial charge is 0.161 e. The Balaban J connectivity index is 2.39. The van der Waals surface area contributed by atoms with E-state index < -0.39 is 0 Å². The summed E-state index contributed by atoms with van der Waals surface area (Å²) in [7, 11) is 5.55. The number of ether oxygens (including phenoxy) is 1. The van der Waals surface area contributed by atoms with Crippen molar-refractivity contribution in [2.45, 2.75) is 19.4 Å². The van der Waals surface area contributed by atoms with Crippen LogP contribution in [0.25, 0.3) is 0 Å². The third-order valence-electron chi connectivity index (χ3n) is 3.06. The van der Waals surface area contributed by atoms with Crippen molar-refractivity contribution in [2.75, 3.05) is 13.7 Å². The predicted molar refractivity (Wildman–Crippen MR) is 73.1 cm³/mol. The van der Waals surface area contributed by atoms with E-state index in [4.69, 9.17) is 4.74 Å². The summed E-state index contributed by atoms with van der Waals surface area (Å²) in [4.78, 5) is 4.45. The molecule has 6 heteroatoms. The highest BCUT2D eigenvalue weighted by molar-refractivity contribution is 5.33. The summed E-state index contributed by atoms with van der Waals surface area (Å²) in [5.74, 6) is 0.779. The molecule has 0 bridgehead atoms. The highest BCUT2D eigenvalue weighted by atomic mass is 16.5. The van der Waals surface area contributed by atoms with Crippen molar-refractivity contribution < 1.29 is 4.74 Å². The van der Waals surface area contributed by atoms with Crippen LogP contribution < -0.4 is 10.1 Å². The Morgan fingerprint density at radius 1 is 1.42 bits per heavy atom. The Hall–Kier alpha value is -1.82. The maximum absolute atomic E-state index is 5.40. The van der Waals surface area contributed by atoms with Gasteiger partial charge in [-0.05, 0) is 13.0 Å². The molecule has 2 heterocycles. The molecular formula is C13H21N5O. The molecule has 0 aliphatic heterocycles. The molecule has 0 spiro atoms. The molecule has 1 N–H and O–H groups in total. The number of imidazole rings is 1. The van der Waals surface area contributed by atoms with E-state index in [1.165, 1.54) is 0 Å². The molecular weight excluding hydrogens is 242 g/mol. The van der Waals surface area contributed by atoms with Gasteiger partial charge in [-0.1, -0.05) is 6.92 Å². The van der Waals surface area contributed by atoms with Crippen molar-refractivity contribution in [3.63, 3.8) is 0 Å². The van der Waals surface area contributed by atoms with Crippen LogP contribution in [0.2, 0.25) is 0 Å².